The molecule has 1 rings (SSSR count). The molecule has 1 aromatic heterocycles. The maximum atomic E-state index is 12.8. The van der Waals surface area contributed by atoms with Crippen molar-refractivity contribution < 1.29 is 4.39 Å². The maximum Gasteiger partial charge on any atom is 0.173 e. The SMILES string of the molecule is CSCc1cnc(C)c(F)c1.N#CN. The fraction of sp³-hybridized carbons (Fsp3) is 0.333. The Morgan fingerprint density at radius 2 is 2.29 bits per heavy atom. The molecule has 0 aliphatic heterocycles. The van der Waals surface area contributed by atoms with Gasteiger partial charge in [0, 0.05) is 11.9 Å². The predicted molar refractivity (Wildman–Crippen MR) is 56.0 cm³/mol. The third kappa shape index (κ3) is 4.67. The van der Waals surface area contributed by atoms with Crippen molar-refractivity contribution in [2.24, 2.45) is 5.73 Å². The Morgan fingerprint density at radius 3 is 2.71 bits per heavy atom. The standard InChI is InChI=1S/C8H10FNS.CH2N2/c1-6-8(9)3-7(4-10-6)5-11-2;2-1-3/h3-4H,5H2,1-2H3;2H2. The summed E-state index contributed by atoms with van der Waals surface area (Å²) in [7, 11) is 0. The molecule has 0 aliphatic carbocycles. The molecule has 1 aromatic rings. The lowest BCUT2D eigenvalue weighted by atomic mass is 10.3. The zero-order chi connectivity index (χ0) is 11.0. The van der Waals surface area contributed by atoms with E-state index in [2.05, 4.69) is 10.7 Å². The van der Waals surface area contributed by atoms with E-state index in [1.807, 2.05) is 6.26 Å². The van der Waals surface area contributed by atoms with Crippen LogP contribution >= 0.6 is 11.8 Å². The molecule has 14 heavy (non-hydrogen) atoms. The van der Waals surface area contributed by atoms with Crippen molar-refractivity contribution in [3.8, 4) is 6.19 Å². The van der Waals surface area contributed by atoms with E-state index in [4.69, 9.17) is 5.26 Å². The molecule has 0 spiro atoms. The van der Waals surface area contributed by atoms with Crippen molar-refractivity contribution in [2.45, 2.75) is 12.7 Å². The van der Waals surface area contributed by atoms with Gasteiger partial charge in [0.15, 0.2) is 6.19 Å². The Balaban J connectivity index is 0.000000500. The monoisotopic (exact) mass is 213 g/mol. The first-order valence-electron chi connectivity index (χ1n) is 3.85. The number of rotatable bonds is 2. The molecule has 0 saturated heterocycles. The molecular formula is C9H12FN3S. The zero-order valence-electron chi connectivity index (χ0n) is 8.12. The van der Waals surface area contributed by atoms with Crippen LogP contribution in [-0.2, 0) is 5.75 Å². The molecule has 3 nitrogen and oxygen atoms in total. The van der Waals surface area contributed by atoms with Crippen molar-refractivity contribution in [1.82, 2.24) is 4.98 Å². The number of pyridine rings is 1. The van der Waals surface area contributed by atoms with Crippen molar-refractivity contribution >= 4 is 11.8 Å². The van der Waals surface area contributed by atoms with E-state index < -0.39 is 0 Å². The molecule has 0 unspecified atom stereocenters. The lowest BCUT2D eigenvalue weighted by molar-refractivity contribution is 0.608. The van der Waals surface area contributed by atoms with Gasteiger partial charge in [0.05, 0.1) is 5.69 Å². The van der Waals surface area contributed by atoms with Gasteiger partial charge in [-0.2, -0.15) is 17.0 Å². The van der Waals surface area contributed by atoms with Crippen LogP contribution in [0.2, 0.25) is 0 Å². The number of aromatic nitrogens is 1. The number of nitrogens with two attached hydrogens (primary N) is 1. The third-order valence-corrected chi connectivity index (χ3v) is 2.01. The lowest BCUT2D eigenvalue weighted by Gasteiger charge is -1.99. The van der Waals surface area contributed by atoms with Gasteiger partial charge in [0.25, 0.3) is 0 Å². The van der Waals surface area contributed by atoms with Crippen LogP contribution < -0.4 is 5.73 Å². The summed E-state index contributed by atoms with van der Waals surface area (Å²) < 4.78 is 12.8. The van der Waals surface area contributed by atoms with E-state index in [9.17, 15) is 4.39 Å². The fourth-order valence-corrected chi connectivity index (χ4v) is 1.28. The second kappa shape index (κ2) is 7.15. The van der Waals surface area contributed by atoms with Crippen molar-refractivity contribution in [3.05, 3.63) is 29.3 Å². The van der Waals surface area contributed by atoms with E-state index in [1.165, 1.54) is 6.19 Å². The summed E-state index contributed by atoms with van der Waals surface area (Å²) in [6.45, 7) is 1.66. The molecule has 0 radical (unpaired) electrons. The van der Waals surface area contributed by atoms with Crippen LogP contribution in [0, 0.1) is 24.2 Å². The minimum atomic E-state index is -0.212. The maximum absolute atomic E-state index is 12.8. The van der Waals surface area contributed by atoms with Gasteiger partial charge < -0.3 is 5.73 Å². The number of hydrogen-bond donors (Lipinski definition) is 1. The fourth-order valence-electron chi connectivity index (χ4n) is 0.791. The highest BCUT2D eigenvalue weighted by Gasteiger charge is 1.98. The van der Waals surface area contributed by atoms with Crippen molar-refractivity contribution in [1.29, 1.82) is 5.26 Å². The predicted octanol–water partition coefficient (Wildman–Crippen LogP) is 1.82. The smallest absolute Gasteiger partial charge is 0.173 e. The quantitative estimate of drug-likeness (QED) is 0.601. The summed E-state index contributed by atoms with van der Waals surface area (Å²) >= 11 is 1.66. The molecule has 0 fully saturated rings. The number of thioether (sulfide) groups is 1. The van der Waals surface area contributed by atoms with E-state index >= 15 is 0 Å². The second-order valence-electron chi connectivity index (χ2n) is 2.47. The molecule has 0 bridgehead atoms. The molecule has 0 aliphatic rings. The second-order valence-corrected chi connectivity index (χ2v) is 3.34. The van der Waals surface area contributed by atoms with Crippen LogP contribution in [0.25, 0.3) is 0 Å². The zero-order valence-corrected chi connectivity index (χ0v) is 8.94. The molecule has 0 aromatic carbocycles. The van der Waals surface area contributed by atoms with E-state index in [1.54, 1.807) is 30.9 Å². The van der Waals surface area contributed by atoms with Crippen LogP contribution in [-0.4, -0.2) is 11.2 Å². The summed E-state index contributed by atoms with van der Waals surface area (Å²) in [5, 5.41) is 7.10. The molecule has 1 heterocycles. The van der Waals surface area contributed by atoms with Gasteiger partial charge in [-0.15, -0.1) is 0 Å². The Bertz CT molecular complexity index is 322. The number of aryl methyl sites for hydroxylation is 1. The normalized spacial score (nSPS) is 8.43. The average Bonchev–Trinajstić information content (AvgIpc) is 2.13. The average molecular weight is 213 g/mol. The van der Waals surface area contributed by atoms with Crippen LogP contribution in [0.1, 0.15) is 11.3 Å². The van der Waals surface area contributed by atoms with Gasteiger partial charge in [-0.05, 0) is 24.8 Å². The van der Waals surface area contributed by atoms with E-state index in [-0.39, 0.29) is 5.82 Å². The Morgan fingerprint density at radius 1 is 1.71 bits per heavy atom. The van der Waals surface area contributed by atoms with Crippen LogP contribution in [0.4, 0.5) is 4.39 Å². The molecule has 2 N–H and O–H groups in total. The summed E-state index contributed by atoms with van der Waals surface area (Å²) in [6.07, 6.45) is 4.95. The van der Waals surface area contributed by atoms with E-state index in [0.29, 0.717) is 5.69 Å². The summed E-state index contributed by atoms with van der Waals surface area (Å²) in [5.41, 5.74) is 5.57. The number of halogens is 1. The van der Waals surface area contributed by atoms with E-state index in [0.717, 1.165) is 11.3 Å². The topological polar surface area (TPSA) is 62.7 Å². The van der Waals surface area contributed by atoms with Crippen molar-refractivity contribution in [2.75, 3.05) is 6.26 Å². The number of hydrogen-bond acceptors (Lipinski definition) is 4. The highest BCUT2D eigenvalue weighted by Crippen LogP contribution is 2.10. The first-order valence-corrected chi connectivity index (χ1v) is 5.24. The molecule has 0 saturated carbocycles. The molecule has 5 heteroatoms. The third-order valence-electron chi connectivity index (χ3n) is 1.39. The molecular weight excluding hydrogens is 201 g/mol. The van der Waals surface area contributed by atoms with Gasteiger partial charge in [0.2, 0.25) is 0 Å². The van der Waals surface area contributed by atoms with Crippen molar-refractivity contribution in [3.63, 3.8) is 0 Å². The van der Waals surface area contributed by atoms with Crippen LogP contribution in [0.15, 0.2) is 12.3 Å². The van der Waals surface area contributed by atoms with Gasteiger partial charge >= 0.3 is 0 Å². The number of nitriles is 1. The summed E-state index contributed by atoms with van der Waals surface area (Å²) in [6, 6.07) is 1.54. The molecule has 0 atom stereocenters. The van der Waals surface area contributed by atoms with Gasteiger partial charge in [0.1, 0.15) is 5.82 Å². The number of nitrogens with zero attached hydrogens (tertiary/aromatic N) is 2. The minimum absolute atomic E-state index is 0.212. The highest BCUT2D eigenvalue weighted by atomic mass is 32.2. The first-order chi connectivity index (χ1) is 6.65. The summed E-state index contributed by atoms with van der Waals surface area (Å²) in [5.74, 6) is 0.612. The Kier molecular flexibility index (Phi) is 6.50. The molecule has 0 amide bonds. The van der Waals surface area contributed by atoms with Gasteiger partial charge in [-0.1, -0.05) is 0 Å². The first kappa shape index (κ1) is 12.7. The van der Waals surface area contributed by atoms with Gasteiger partial charge in [-0.3, -0.25) is 4.98 Å². The largest absolute Gasteiger partial charge is 0.337 e. The lowest BCUT2D eigenvalue weighted by Crippen LogP contribution is -1.90. The summed E-state index contributed by atoms with van der Waals surface area (Å²) in [4.78, 5) is 3.91. The van der Waals surface area contributed by atoms with Gasteiger partial charge in [-0.25, -0.2) is 4.39 Å². The van der Waals surface area contributed by atoms with Crippen LogP contribution in [0.5, 0.6) is 0 Å². The minimum Gasteiger partial charge on any atom is -0.337 e. The highest BCUT2D eigenvalue weighted by molar-refractivity contribution is 7.97. The Hall–Kier alpha value is -1.28. The molecule has 76 valence electrons. The van der Waals surface area contributed by atoms with Crippen LogP contribution in [0.3, 0.4) is 0 Å². The Labute approximate surface area is 87.1 Å².